The molecular formula is C36H40N2O6S. The maximum absolute atomic E-state index is 13.5. The zero-order valence-corrected chi connectivity index (χ0v) is 26.7. The Bertz CT molecular complexity index is 1840. The Hall–Kier alpha value is -3.95. The van der Waals surface area contributed by atoms with Crippen molar-refractivity contribution in [3.05, 3.63) is 101 Å². The van der Waals surface area contributed by atoms with Crippen LogP contribution in [-0.4, -0.2) is 20.0 Å². The molecule has 45 heavy (non-hydrogen) atoms. The van der Waals surface area contributed by atoms with Crippen LogP contribution in [0.25, 0.3) is 11.0 Å². The van der Waals surface area contributed by atoms with E-state index >= 15 is 0 Å². The van der Waals surface area contributed by atoms with E-state index < -0.39 is 22.0 Å². The zero-order valence-electron chi connectivity index (χ0n) is 25.9. The van der Waals surface area contributed by atoms with Gasteiger partial charge < -0.3 is 14.0 Å². The molecule has 1 atom stereocenters. The lowest BCUT2D eigenvalue weighted by Crippen LogP contribution is -2.41. The van der Waals surface area contributed by atoms with E-state index in [0.717, 1.165) is 67.2 Å². The second-order valence-electron chi connectivity index (χ2n) is 12.3. The van der Waals surface area contributed by atoms with Gasteiger partial charge in [0.05, 0.1) is 4.90 Å². The standard InChI is InChI=1S/C36H40N2O6S/c1-3-4-11-27-23-33(42-32-24-31-28(22-30(27)32)18-21-36(43-31)19-9-6-10-20-36)37-44-35(39)34(26-12-7-5-8-13-26)38-45(40,41)29-16-14-25(2)15-17-29/h5,7-8,12-17,22-24,34,38H,3-4,6,9-11,18-21H2,1-2H3/b37-33+/t34-/m1/s1. The molecule has 1 spiro atoms. The lowest BCUT2D eigenvalue weighted by Gasteiger charge is -2.41. The molecule has 1 aliphatic carbocycles. The van der Waals surface area contributed by atoms with Crippen LogP contribution in [0.5, 0.6) is 5.75 Å². The van der Waals surface area contributed by atoms with Crippen molar-refractivity contribution in [2.45, 2.75) is 94.6 Å². The number of nitrogens with zero attached hydrogens (tertiary/aromatic N) is 1. The van der Waals surface area contributed by atoms with Crippen LogP contribution in [0, 0.1) is 6.92 Å². The molecule has 1 fully saturated rings. The molecule has 0 radical (unpaired) electrons. The normalized spacial score (nSPS) is 17.1. The Labute approximate surface area is 264 Å². The Balaban J connectivity index is 1.32. The van der Waals surface area contributed by atoms with Gasteiger partial charge in [0.15, 0.2) is 0 Å². The number of carbonyl (C=O) groups is 1. The van der Waals surface area contributed by atoms with Crippen LogP contribution >= 0.6 is 0 Å². The minimum atomic E-state index is -4.05. The minimum Gasteiger partial charge on any atom is -0.487 e. The average molecular weight is 629 g/mol. The lowest BCUT2D eigenvalue weighted by atomic mass is 9.79. The number of hydrogen-bond acceptors (Lipinski definition) is 7. The van der Waals surface area contributed by atoms with Gasteiger partial charge in [-0.25, -0.2) is 13.2 Å². The molecule has 0 saturated heterocycles. The summed E-state index contributed by atoms with van der Waals surface area (Å²) < 4.78 is 41.8. The summed E-state index contributed by atoms with van der Waals surface area (Å²) in [5.41, 5.74) is 4.23. The summed E-state index contributed by atoms with van der Waals surface area (Å²) in [6.45, 7) is 4.01. The van der Waals surface area contributed by atoms with Crippen molar-refractivity contribution in [2.75, 3.05) is 0 Å². The van der Waals surface area contributed by atoms with E-state index in [9.17, 15) is 13.2 Å². The van der Waals surface area contributed by atoms with Gasteiger partial charge in [-0.3, -0.25) is 0 Å². The van der Waals surface area contributed by atoms with E-state index in [4.69, 9.17) is 14.0 Å². The predicted octanol–water partition coefficient (Wildman–Crippen LogP) is 7.19. The Morgan fingerprint density at radius 3 is 2.49 bits per heavy atom. The third kappa shape index (κ3) is 6.99. The summed E-state index contributed by atoms with van der Waals surface area (Å²) in [4.78, 5) is 18.9. The number of benzene rings is 3. The number of rotatable bonds is 9. The molecule has 1 aromatic heterocycles. The highest BCUT2D eigenvalue weighted by molar-refractivity contribution is 7.89. The molecule has 1 saturated carbocycles. The van der Waals surface area contributed by atoms with Crippen LogP contribution in [0.15, 0.2) is 87.3 Å². The summed E-state index contributed by atoms with van der Waals surface area (Å²) in [6, 6.07) is 19.6. The van der Waals surface area contributed by atoms with Crippen LogP contribution in [0.3, 0.4) is 0 Å². The second kappa shape index (κ2) is 13.2. The van der Waals surface area contributed by atoms with Gasteiger partial charge in [0.2, 0.25) is 10.0 Å². The summed E-state index contributed by atoms with van der Waals surface area (Å²) in [5.74, 6) is -0.0278. The van der Waals surface area contributed by atoms with E-state index in [1.807, 2.05) is 13.0 Å². The SMILES string of the molecule is CCCCc1c/c(=N\OC(=O)[C@H](NS(=O)(=O)c2ccc(C)cc2)c2ccccc2)oc2cc3c(cc12)CCC1(CCCCC1)O3. The molecule has 2 aliphatic rings. The number of carbonyl (C=O) groups excluding carboxylic acids is 1. The van der Waals surface area contributed by atoms with Crippen molar-refractivity contribution in [3.8, 4) is 5.75 Å². The third-order valence-electron chi connectivity index (χ3n) is 8.96. The first kappa shape index (κ1) is 31.0. The lowest BCUT2D eigenvalue weighted by molar-refractivity contribution is -0.146. The quantitative estimate of drug-likeness (QED) is 0.155. The van der Waals surface area contributed by atoms with E-state index in [1.54, 1.807) is 48.5 Å². The number of hydrogen-bond donors (Lipinski definition) is 1. The first-order valence-corrected chi connectivity index (χ1v) is 17.4. The largest absolute Gasteiger partial charge is 0.487 e. The first-order chi connectivity index (χ1) is 21.7. The van der Waals surface area contributed by atoms with Crippen molar-refractivity contribution in [3.63, 3.8) is 0 Å². The van der Waals surface area contributed by atoms with Gasteiger partial charge >= 0.3 is 5.97 Å². The highest BCUT2D eigenvalue weighted by Crippen LogP contribution is 2.43. The van der Waals surface area contributed by atoms with Crippen LogP contribution in [0.4, 0.5) is 0 Å². The number of aryl methyl sites for hydroxylation is 3. The van der Waals surface area contributed by atoms with Gasteiger partial charge in [-0.15, -0.1) is 0 Å². The fourth-order valence-corrected chi connectivity index (χ4v) is 7.57. The van der Waals surface area contributed by atoms with Gasteiger partial charge in [-0.05, 0) is 98.3 Å². The van der Waals surface area contributed by atoms with Crippen LogP contribution in [0.2, 0.25) is 0 Å². The van der Waals surface area contributed by atoms with Crippen LogP contribution < -0.4 is 15.0 Å². The Morgan fingerprint density at radius 1 is 1.00 bits per heavy atom. The summed E-state index contributed by atoms with van der Waals surface area (Å²) in [6.07, 6.45) is 10.6. The molecule has 3 aromatic carbocycles. The number of fused-ring (bicyclic) bond motifs is 2. The number of sulfonamides is 1. The van der Waals surface area contributed by atoms with Crippen molar-refractivity contribution in [1.82, 2.24) is 4.72 Å². The molecule has 1 aliphatic heterocycles. The molecular weight excluding hydrogens is 588 g/mol. The fraction of sp³-hybridized carbons (Fsp3) is 0.389. The van der Waals surface area contributed by atoms with Gasteiger partial charge in [-0.2, -0.15) is 4.72 Å². The Morgan fingerprint density at radius 2 is 1.76 bits per heavy atom. The highest BCUT2D eigenvalue weighted by Gasteiger charge is 2.37. The van der Waals surface area contributed by atoms with E-state index in [1.165, 1.54) is 37.0 Å². The number of nitrogens with one attached hydrogen (secondary N) is 1. The zero-order chi connectivity index (χ0) is 31.4. The highest BCUT2D eigenvalue weighted by atomic mass is 32.2. The maximum Gasteiger partial charge on any atom is 0.357 e. The molecule has 0 bridgehead atoms. The van der Waals surface area contributed by atoms with Crippen molar-refractivity contribution in [2.24, 2.45) is 5.16 Å². The minimum absolute atomic E-state index is 0.0458. The van der Waals surface area contributed by atoms with Crippen molar-refractivity contribution >= 4 is 27.0 Å². The molecule has 0 unspecified atom stereocenters. The number of ether oxygens (including phenoxy) is 1. The second-order valence-corrected chi connectivity index (χ2v) is 14.0. The smallest absolute Gasteiger partial charge is 0.357 e. The molecule has 236 valence electrons. The molecule has 8 nitrogen and oxygen atoms in total. The third-order valence-corrected chi connectivity index (χ3v) is 10.4. The monoisotopic (exact) mass is 628 g/mol. The van der Waals surface area contributed by atoms with Crippen molar-refractivity contribution < 1.29 is 27.2 Å². The van der Waals surface area contributed by atoms with E-state index in [2.05, 4.69) is 22.9 Å². The summed E-state index contributed by atoms with van der Waals surface area (Å²) in [7, 11) is -4.05. The molecule has 6 rings (SSSR count). The molecule has 0 amide bonds. The van der Waals surface area contributed by atoms with Crippen molar-refractivity contribution in [1.29, 1.82) is 0 Å². The Kier molecular flexibility index (Phi) is 9.10. The van der Waals surface area contributed by atoms with Gasteiger partial charge in [0.25, 0.3) is 5.55 Å². The number of unbranched alkanes of at least 4 members (excludes halogenated alkanes) is 1. The van der Waals surface area contributed by atoms with Gasteiger partial charge in [0, 0.05) is 17.5 Å². The van der Waals surface area contributed by atoms with Gasteiger partial charge in [-0.1, -0.05) is 67.8 Å². The topological polar surface area (TPSA) is 107 Å². The summed E-state index contributed by atoms with van der Waals surface area (Å²) >= 11 is 0. The fourth-order valence-electron chi connectivity index (χ4n) is 6.40. The van der Waals surface area contributed by atoms with E-state index in [-0.39, 0.29) is 16.1 Å². The van der Waals surface area contributed by atoms with Gasteiger partial charge in [0.1, 0.15) is 23.0 Å². The van der Waals surface area contributed by atoms with Crippen LogP contribution in [0.1, 0.15) is 86.6 Å². The first-order valence-electron chi connectivity index (χ1n) is 15.9. The van der Waals surface area contributed by atoms with E-state index in [0.29, 0.717) is 11.1 Å². The maximum atomic E-state index is 13.5. The molecule has 4 aromatic rings. The molecule has 9 heteroatoms. The molecule has 2 heterocycles. The average Bonchev–Trinajstić information content (AvgIpc) is 3.05. The van der Waals surface area contributed by atoms with Crippen LogP contribution in [-0.2, 0) is 32.5 Å². The molecule has 1 N–H and O–H groups in total. The summed E-state index contributed by atoms with van der Waals surface area (Å²) in [5, 5.41) is 5.09. The predicted molar refractivity (Wildman–Crippen MR) is 172 cm³/mol.